The maximum Gasteiger partial charge on any atom is 0.244 e. The molecule has 0 spiro atoms. The van der Waals surface area contributed by atoms with E-state index in [1.54, 1.807) is 33.1 Å². The summed E-state index contributed by atoms with van der Waals surface area (Å²) in [4.78, 5) is 52.3. The molecule has 0 bridgehead atoms. The fourth-order valence-corrected chi connectivity index (χ4v) is 5.89. The number of carbonyl (C=O) groups excluding carboxylic acids is 4. The summed E-state index contributed by atoms with van der Waals surface area (Å²) in [5, 5.41) is 5.89. The van der Waals surface area contributed by atoms with Crippen LogP contribution in [0.5, 0.6) is 5.75 Å². The molecule has 1 aliphatic heterocycles. The summed E-state index contributed by atoms with van der Waals surface area (Å²) < 4.78 is 10.7. The lowest BCUT2D eigenvalue weighted by Gasteiger charge is -2.27. The van der Waals surface area contributed by atoms with Gasteiger partial charge in [0.2, 0.25) is 17.7 Å². The summed E-state index contributed by atoms with van der Waals surface area (Å²) in [7, 11) is 1.58. The quantitative estimate of drug-likeness (QED) is 0.329. The van der Waals surface area contributed by atoms with Crippen molar-refractivity contribution in [1.82, 2.24) is 10.6 Å². The molecule has 0 aromatic heterocycles. The second-order valence-corrected chi connectivity index (χ2v) is 11.4. The largest absolute Gasteiger partial charge is 0.497 e. The van der Waals surface area contributed by atoms with Crippen LogP contribution in [0.25, 0.3) is 0 Å². The van der Waals surface area contributed by atoms with E-state index in [-0.39, 0.29) is 18.1 Å². The first-order valence-corrected chi connectivity index (χ1v) is 14.0. The zero-order valence-corrected chi connectivity index (χ0v) is 23.2. The van der Waals surface area contributed by atoms with Crippen molar-refractivity contribution in [3.05, 3.63) is 41.0 Å². The molecule has 2 fully saturated rings. The highest BCUT2D eigenvalue weighted by Gasteiger charge is 2.50. The number of ketones is 1. The van der Waals surface area contributed by atoms with Gasteiger partial charge in [-0.25, -0.2) is 0 Å². The molecule has 0 unspecified atom stereocenters. The van der Waals surface area contributed by atoms with Crippen molar-refractivity contribution in [2.24, 2.45) is 17.6 Å². The minimum Gasteiger partial charge on any atom is -0.497 e. The number of hydrogen-bond donors (Lipinski definition) is 3. The molecular weight excluding hydrogens is 498 g/mol. The van der Waals surface area contributed by atoms with E-state index in [2.05, 4.69) is 10.6 Å². The number of ether oxygens (including phenoxy) is 2. The van der Waals surface area contributed by atoms with Crippen LogP contribution >= 0.6 is 0 Å². The third-order valence-electron chi connectivity index (χ3n) is 8.48. The van der Waals surface area contributed by atoms with E-state index in [4.69, 9.17) is 15.2 Å². The van der Waals surface area contributed by atoms with Crippen molar-refractivity contribution in [3.8, 4) is 5.75 Å². The minimum atomic E-state index is -0.917. The molecular formula is C30H41N3O6. The number of hydrogen-bond acceptors (Lipinski definition) is 6. The topological polar surface area (TPSA) is 140 Å². The standard InChI is InChI=1S/C30H41N3O6/c1-18(22-9-6-10-23(22)27(31)35)28(36)33-25(16-20-11-13-21(38-3)14-12-20)29(37)32-24(15-19-7-4-5-8-19)26(34)30(2)17-39-30/h11-14,18-19,24-25H,4-10,15-17H2,1-3H3,(H2,31,35)(H,32,37)(H,33,36)/t18-,24+,25+,30-/m1/s1. The van der Waals surface area contributed by atoms with Gasteiger partial charge in [0.15, 0.2) is 5.78 Å². The van der Waals surface area contributed by atoms with Gasteiger partial charge in [0.1, 0.15) is 17.4 Å². The van der Waals surface area contributed by atoms with Gasteiger partial charge in [-0.2, -0.15) is 0 Å². The highest BCUT2D eigenvalue weighted by Crippen LogP contribution is 2.34. The SMILES string of the molecule is COc1ccc(C[C@H](NC(=O)[C@H](C)C2=C(C(N)=O)CCC2)C(=O)N[C@@H](CC2CCCC2)C(=O)[C@@]2(C)CO2)cc1. The Kier molecular flexibility index (Phi) is 9.10. The summed E-state index contributed by atoms with van der Waals surface area (Å²) in [5.41, 5.74) is 6.76. The molecule has 0 radical (unpaired) electrons. The Bertz CT molecular complexity index is 1120. The van der Waals surface area contributed by atoms with Crippen molar-refractivity contribution in [2.75, 3.05) is 13.7 Å². The van der Waals surface area contributed by atoms with E-state index in [1.807, 2.05) is 12.1 Å². The van der Waals surface area contributed by atoms with Crippen molar-refractivity contribution in [1.29, 1.82) is 0 Å². The summed E-state index contributed by atoms with van der Waals surface area (Å²) in [6, 6.07) is 5.70. The highest BCUT2D eigenvalue weighted by atomic mass is 16.6. The summed E-state index contributed by atoms with van der Waals surface area (Å²) in [6.07, 6.45) is 7.09. The van der Waals surface area contributed by atoms with Crippen LogP contribution in [0.1, 0.15) is 70.8 Å². The third kappa shape index (κ3) is 7.06. The summed E-state index contributed by atoms with van der Waals surface area (Å²) in [5.74, 6) is -0.928. The van der Waals surface area contributed by atoms with Crippen LogP contribution in [-0.2, 0) is 30.3 Å². The second-order valence-electron chi connectivity index (χ2n) is 11.4. The maximum absolute atomic E-state index is 13.7. The van der Waals surface area contributed by atoms with E-state index in [1.165, 1.54) is 0 Å². The Morgan fingerprint density at radius 2 is 1.67 bits per heavy atom. The molecule has 4 N–H and O–H groups in total. The molecule has 2 aliphatic carbocycles. The van der Waals surface area contributed by atoms with E-state index < -0.39 is 35.4 Å². The Morgan fingerprint density at radius 3 is 2.26 bits per heavy atom. The number of Topliss-reactive ketones (excluding diaryl/α,β-unsaturated/α-hetero) is 1. The summed E-state index contributed by atoms with van der Waals surface area (Å²) >= 11 is 0. The molecule has 39 heavy (non-hydrogen) atoms. The number of carbonyl (C=O) groups is 4. The van der Waals surface area contributed by atoms with Crippen molar-refractivity contribution in [3.63, 3.8) is 0 Å². The molecule has 9 nitrogen and oxygen atoms in total. The summed E-state index contributed by atoms with van der Waals surface area (Å²) in [6.45, 7) is 3.84. The Morgan fingerprint density at radius 1 is 1.03 bits per heavy atom. The van der Waals surface area contributed by atoms with Crippen LogP contribution in [-0.4, -0.2) is 54.9 Å². The molecule has 212 valence electrons. The lowest BCUT2D eigenvalue weighted by Crippen LogP contribution is -2.55. The number of amides is 3. The molecule has 1 saturated carbocycles. The lowest BCUT2D eigenvalue weighted by molar-refractivity contribution is -0.133. The monoisotopic (exact) mass is 539 g/mol. The second kappa shape index (κ2) is 12.3. The van der Waals surface area contributed by atoms with Gasteiger partial charge in [-0.05, 0) is 68.7 Å². The van der Waals surface area contributed by atoms with Crippen molar-refractivity contribution >= 4 is 23.5 Å². The first-order chi connectivity index (χ1) is 18.6. The minimum absolute atomic E-state index is 0.118. The fourth-order valence-electron chi connectivity index (χ4n) is 5.89. The first kappa shape index (κ1) is 28.8. The van der Waals surface area contributed by atoms with Crippen LogP contribution < -0.4 is 21.1 Å². The predicted octanol–water partition coefficient (Wildman–Crippen LogP) is 2.75. The van der Waals surface area contributed by atoms with E-state index in [9.17, 15) is 19.2 Å². The van der Waals surface area contributed by atoms with Crippen LogP contribution in [0.2, 0.25) is 0 Å². The molecule has 3 amide bonds. The van der Waals surface area contributed by atoms with Gasteiger partial charge in [-0.15, -0.1) is 0 Å². The van der Waals surface area contributed by atoms with Crippen LogP contribution in [0.15, 0.2) is 35.4 Å². The molecule has 1 heterocycles. The molecule has 1 aromatic rings. The van der Waals surface area contributed by atoms with E-state index in [0.29, 0.717) is 43.1 Å². The van der Waals surface area contributed by atoms with Crippen LogP contribution in [0.4, 0.5) is 0 Å². The van der Waals surface area contributed by atoms with Gasteiger partial charge in [-0.3, -0.25) is 19.2 Å². The Labute approximate surface area is 230 Å². The van der Waals surface area contributed by atoms with Crippen molar-refractivity contribution in [2.45, 2.75) is 89.3 Å². The van der Waals surface area contributed by atoms with E-state index in [0.717, 1.165) is 43.2 Å². The fraction of sp³-hybridized carbons (Fsp3) is 0.600. The van der Waals surface area contributed by atoms with Gasteiger partial charge in [0.05, 0.1) is 25.7 Å². The third-order valence-corrected chi connectivity index (χ3v) is 8.48. The number of benzene rings is 1. The Balaban J connectivity index is 1.54. The molecule has 3 aliphatic rings. The average Bonchev–Trinajstić information content (AvgIpc) is 3.28. The molecule has 1 saturated heterocycles. The van der Waals surface area contributed by atoms with Gasteiger partial charge in [0, 0.05) is 12.0 Å². The molecule has 4 atom stereocenters. The number of nitrogens with one attached hydrogen (secondary N) is 2. The van der Waals surface area contributed by atoms with Gasteiger partial charge in [-0.1, -0.05) is 37.8 Å². The Hall–Kier alpha value is -3.20. The van der Waals surface area contributed by atoms with Gasteiger partial charge >= 0.3 is 0 Å². The number of methoxy groups -OCH3 is 1. The maximum atomic E-state index is 13.7. The van der Waals surface area contributed by atoms with E-state index >= 15 is 0 Å². The molecule has 4 rings (SSSR count). The predicted molar refractivity (Wildman–Crippen MR) is 146 cm³/mol. The zero-order valence-electron chi connectivity index (χ0n) is 23.2. The molecule has 9 heteroatoms. The van der Waals surface area contributed by atoms with Crippen LogP contribution in [0.3, 0.4) is 0 Å². The normalized spacial score (nSPS) is 23.2. The van der Waals surface area contributed by atoms with Gasteiger partial charge in [0.25, 0.3) is 0 Å². The van der Waals surface area contributed by atoms with Crippen molar-refractivity contribution < 1.29 is 28.7 Å². The number of rotatable bonds is 13. The number of nitrogens with two attached hydrogens (primary N) is 1. The lowest BCUT2D eigenvalue weighted by atomic mass is 9.90. The van der Waals surface area contributed by atoms with Crippen LogP contribution in [0, 0.1) is 11.8 Å². The zero-order chi connectivity index (χ0) is 28.2. The molecule has 1 aromatic carbocycles. The number of epoxide rings is 1. The smallest absolute Gasteiger partial charge is 0.244 e. The highest BCUT2D eigenvalue weighted by molar-refractivity contribution is 5.99. The number of primary amides is 1. The van der Waals surface area contributed by atoms with Gasteiger partial charge < -0.3 is 25.8 Å². The average molecular weight is 540 g/mol. The first-order valence-electron chi connectivity index (χ1n) is 14.0.